The Hall–Kier alpha value is -1.66. The molecule has 1 unspecified atom stereocenters. The summed E-state index contributed by atoms with van der Waals surface area (Å²) in [6.45, 7) is 2.38. The minimum absolute atomic E-state index is 0.166. The number of nitrogens with one attached hydrogen (secondary N) is 1. The molecule has 0 aromatic heterocycles. The summed E-state index contributed by atoms with van der Waals surface area (Å²) in [5, 5.41) is 2.60. The molecular formula is C13H19FN2O3. The van der Waals surface area contributed by atoms with E-state index in [2.05, 4.69) is 5.32 Å². The quantitative estimate of drug-likeness (QED) is 0.725. The molecule has 0 saturated heterocycles. The Kier molecular flexibility index (Phi) is 6.24. The third kappa shape index (κ3) is 5.23. The van der Waals surface area contributed by atoms with E-state index in [1.165, 1.54) is 6.07 Å². The summed E-state index contributed by atoms with van der Waals surface area (Å²) in [6.07, 6.45) is 0. The van der Waals surface area contributed by atoms with Gasteiger partial charge < -0.3 is 20.5 Å². The number of hydrogen-bond donors (Lipinski definition) is 2. The van der Waals surface area contributed by atoms with Gasteiger partial charge in [-0.15, -0.1) is 0 Å². The Balaban J connectivity index is 2.45. The highest BCUT2D eigenvalue weighted by Gasteiger charge is 2.09. The van der Waals surface area contributed by atoms with Gasteiger partial charge in [0.1, 0.15) is 11.6 Å². The number of rotatable bonds is 7. The van der Waals surface area contributed by atoms with E-state index in [0.29, 0.717) is 24.5 Å². The van der Waals surface area contributed by atoms with Gasteiger partial charge in [0, 0.05) is 31.3 Å². The normalized spacial score (nSPS) is 12.0. The maximum atomic E-state index is 13.6. The molecule has 0 bridgehead atoms. The fraction of sp³-hybridized carbons (Fsp3) is 0.462. The first-order valence-corrected chi connectivity index (χ1v) is 5.98. The molecule has 1 aromatic rings. The molecule has 0 saturated carbocycles. The first-order chi connectivity index (χ1) is 9.04. The largest absolute Gasteiger partial charge is 0.484 e. The molecule has 6 heteroatoms. The monoisotopic (exact) mass is 270 g/mol. The van der Waals surface area contributed by atoms with Crippen molar-refractivity contribution in [2.45, 2.75) is 13.0 Å². The number of halogens is 1. The highest BCUT2D eigenvalue weighted by molar-refractivity contribution is 5.77. The van der Waals surface area contributed by atoms with Gasteiger partial charge in [0.05, 0.1) is 6.61 Å². The topological polar surface area (TPSA) is 73.6 Å². The van der Waals surface area contributed by atoms with Gasteiger partial charge >= 0.3 is 0 Å². The van der Waals surface area contributed by atoms with Gasteiger partial charge in [0.15, 0.2) is 6.61 Å². The van der Waals surface area contributed by atoms with Crippen LogP contribution in [0.1, 0.15) is 18.5 Å². The van der Waals surface area contributed by atoms with E-state index in [1.807, 2.05) is 0 Å². The van der Waals surface area contributed by atoms with Gasteiger partial charge in [0.2, 0.25) is 0 Å². The molecule has 0 aliphatic carbocycles. The number of nitrogens with two attached hydrogens (primary N) is 1. The lowest BCUT2D eigenvalue weighted by Crippen LogP contribution is -2.31. The van der Waals surface area contributed by atoms with Gasteiger partial charge in [-0.3, -0.25) is 4.79 Å². The fourth-order valence-corrected chi connectivity index (χ4v) is 1.46. The van der Waals surface area contributed by atoms with E-state index in [9.17, 15) is 9.18 Å². The van der Waals surface area contributed by atoms with Gasteiger partial charge in [0.25, 0.3) is 5.91 Å². The predicted octanol–water partition coefficient (Wildman–Crippen LogP) is 0.987. The van der Waals surface area contributed by atoms with Crippen LogP contribution in [0.15, 0.2) is 18.2 Å². The molecule has 0 radical (unpaired) electrons. The van der Waals surface area contributed by atoms with Crippen molar-refractivity contribution in [3.63, 3.8) is 0 Å². The number of amides is 1. The smallest absolute Gasteiger partial charge is 0.258 e. The summed E-state index contributed by atoms with van der Waals surface area (Å²) in [5.74, 6) is -0.426. The molecule has 0 heterocycles. The maximum Gasteiger partial charge on any atom is 0.258 e. The number of carbonyl (C=O) groups excluding carboxylic acids is 1. The van der Waals surface area contributed by atoms with Crippen LogP contribution in [-0.2, 0) is 9.53 Å². The second-order valence-electron chi connectivity index (χ2n) is 4.10. The van der Waals surface area contributed by atoms with Gasteiger partial charge in [-0.25, -0.2) is 4.39 Å². The maximum absolute atomic E-state index is 13.6. The van der Waals surface area contributed by atoms with E-state index >= 15 is 0 Å². The van der Waals surface area contributed by atoms with Crippen molar-refractivity contribution in [2.75, 3.05) is 26.9 Å². The third-order valence-corrected chi connectivity index (χ3v) is 2.46. The molecule has 19 heavy (non-hydrogen) atoms. The molecule has 0 spiro atoms. The summed E-state index contributed by atoms with van der Waals surface area (Å²) < 4.78 is 23.6. The molecule has 5 nitrogen and oxygen atoms in total. The first kappa shape index (κ1) is 15.4. The van der Waals surface area contributed by atoms with E-state index in [0.717, 1.165) is 0 Å². The fourth-order valence-electron chi connectivity index (χ4n) is 1.46. The van der Waals surface area contributed by atoms with Crippen LogP contribution in [0.25, 0.3) is 0 Å². The highest BCUT2D eigenvalue weighted by atomic mass is 19.1. The number of benzene rings is 1. The predicted molar refractivity (Wildman–Crippen MR) is 69.4 cm³/mol. The molecule has 1 atom stereocenters. The van der Waals surface area contributed by atoms with Crippen molar-refractivity contribution < 1.29 is 18.7 Å². The van der Waals surface area contributed by atoms with Crippen molar-refractivity contribution in [2.24, 2.45) is 5.73 Å². The number of ether oxygens (including phenoxy) is 2. The highest BCUT2D eigenvalue weighted by Crippen LogP contribution is 2.20. The number of hydrogen-bond acceptors (Lipinski definition) is 4. The molecule has 3 N–H and O–H groups in total. The Labute approximate surface area is 111 Å². The van der Waals surface area contributed by atoms with Crippen LogP contribution in [-0.4, -0.2) is 32.8 Å². The van der Waals surface area contributed by atoms with Crippen molar-refractivity contribution in [1.29, 1.82) is 0 Å². The molecule has 106 valence electrons. The van der Waals surface area contributed by atoms with Crippen LogP contribution < -0.4 is 15.8 Å². The first-order valence-electron chi connectivity index (χ1n) is 5.98. The van der Waals surface area contributed by atoms with Crippen LogP contribution in [0.5, 0.6) is 5.75 Å². The zero-order valence-electron chi connectivity index (χ0n) is 11.1. The van der Waals surface area contributed by atoms with Crippen molar-refractivity contribution >= 4 is 5.91 Å². The van der Waals surface area contributed by atoms with Crippen LogP contribution in [0.2, 0.25) is 0 Å². The summed E-state index contributed by atoms with van der Waals surface area (Å²) in [4.78, 5) is 11.3. The van der Waals surface area contributed by atoms with Gasteiger partial charge in [-0.2, -0.15) is 0 Å². The molecule has 1 amide bonds. The Bertz CT molecular complexity index is 424. The SMILES string of the molecule is COCCNC(=O)COc1ccc(C(C)N)c(F)c1. The van der Waals surface area contributed by atoms with Gasteiger partial charge in [-0.1, -0.05) is 6.07 Å². The molecular weight excluding hydrogens is 251 g/mol. The van der Waals surface area contributed by atoms with Crippen LogP contribution in [0, 0.1) is 5.82 Å². The molecule has 0 aliphatic heterocycles. The van der Waals surface area contributed by atoms with E-state index in [-0.39, 0.29) is 18.6 Å². The number of carbonyl (C=O) groups is 1. The zero-order valence-corrected chi connectivity index (χ0v) is 11.1. The third-order valence-electron chi connectivity index (χ3n) is 2.46. The summed E-state index contributed by atoms with van der Waals surface area (Å²) >= 11 is 0. The van der Waals surface area contributed by atoms with E-state index in [1.54, 1.807) is 26.2 Å². The van der Waals surface area contributed by atoms with Crippen molar-refractivity contribution in [1.82, 2.24) is 5.32 Å². The Morgan fingerprint density at radius 2 is 2.26 bits per heavy atom. The lowest BCUT2D eigenvalue weighted by Gasteiger charge is -2.10. The second-order valence-corrected chi connectivity index (χ2v) is 4.10. The lowest BCUT2D eigenvalue weighted by atomic mass is 10.1. The molecule has 1 rings (SSSR count). The van der Waals surface area contributed by atoms with Crippen molar-refractivity contribution in [3.8, 4) is 5.75 Å². The molecule has 0 fully saturated rings. The van der Waals surface area contributed by atoms with Crippen LogP contribution in [0.4, 0.5) is 4.39 Å². The lowest BCUT2D eigenvalue weighted by molar-refractivity contribution is -0.123. The summed E-state index contributed by atoms with van der Waals surface area (Å²) in [6, 6.07) is 3.98. The Morgan fingerprint density at radius 3 is 2.84 bits per heavy atom. The van der Waals surface area contributed by atoms with Gasteiger partial charge in [-0.05, 0) is 13.0 Å². The molecule has 0 aliphatic rings. The van der Waals surface area contributed by atoms with Crippen LogP contribution >= 0.6 is 0 Å². The molecule has 1 aromatic carbocycles. The van der Waals surface area contributed by atoms with E-state index < -0.39 is 5.82 Å². The van der Waals surface area contributed by atoms with Crippen molar-refractivity contribution in [3.05, 3.63) is 29.6 Å². The van der Waals surface area contributed by atoms with E-state index in [4.69, 9.17) is 15.2 Å². The average Bonchev–Trinajstić information content (AvgIpc) is 2.36. The second kappa shape index (κ2) is 7.70. The Morgan fingerprint density at radius 1 is 1.53 bits per heavy atom. The minimum atomic E-state index is -0.438. The summed E-state index contributed by atoms with van der Waals surface area (Å²) in [7, 11) is 1.55. The summed E-state index contributed by atoms with van der Waals surface area (Å²) in [5.41, 5.74) is 6.01. The standard InChI is InChI=1S/C13H19FN2O3/c1-9(15)11-4-3-10(7-12(11)14)19-8-13(17)16-5-6-18-2/h3-4,7,9H,5-6,8,15H2,1-2H3,(H,16,17). The minimum Gasteiger partial charge on any atom is -0.484 e. The zero-order chi connectivity index (χ0) is 14.3. The number of methoxy groups -OCH3 is 1. The average molecular weight is 270 g/mol. The van der Waals surface area contributed by atoms with Crippen LogP contribution in [0.3, 0.4) is 0 Å².